The highest BCUT2D eigenvalue weighted by Gasteiger charge is 2.21. The van der Waals surface area contributed by atoms with Gasteiger partial charge < -0.3 is 19.7 Å². The molecule has 2 aromatic carbocycles. The number of benzene rings is 2. The minimum absolute atomic E-state index is 0.160. The molecule has 1 saturated heterocycles. The zero-order valence-corrected chi connectivity index (χ0v) is 15.4. The maximum absolute atomic E-state index is 12.1. The van der Waals surface area contributed by atoms with Crippen LogP contribution in [-0.4, -0.2) is 32.6 Å². The van der Waals surface area contributed by atoms with Crippen molar-refractivity contribution in [2.75, 3.05) is 31.0 Å². The first-order chi connectivity index (χ1) is 13.1. The summed E-state index contributed by atoms with van der Waals surface area (Å²) < 4.78 is 10.4. The van der Waals surface area contributed by atoms with Crippen molar-refractivity contribution >= 4 is 29.3 Å². The van der Waals surface area contributed by atoms with Crippen molar-refractivity contribution in [1.29, 1.82) is 0 Å². The number of hydrogen-bond acceptors (Lipinski definition) is 4. The lowest BCUT2D eigenvalue weighted by Crippen LogP contribution is -2.23. The Morgan fingerprint density at radius 3 is 2.44 bits per heavy atom. The van der Waals surface area contributed by atoms with Crippen molar-refractivity contribution < 1.29 is 19.1 Å². The van der Waals surface area contributed by atoms with Gasteiger partial charge in [-0.1, -0.05) is 12.1 Å². The predicted octanol–water partition coefficient (Wildman–Crippen LogP) is 3.48. The van der Waals surface area contributed by atoms with Crippen LogP contribution in [0.1, 0.15) is 18.4 Å². The third-order valence-corrected chi connectivity index (χ3v) is 4.36. The molecule has 1 heterocycles. The Kier molecular flexibility index (Phi) is 5.76. The SMILES string of the molecule is COc1ccc(NC(=O)/C=C/c2ccc(N3CCCC3=O)cc2)cc1OC. The fourth-order valence-corrected chi connectivity index (χ4v) is 2.96. The predicted molar refractivity (Wildman–Crippen MR) is 105 cm³/mol. The molecule has 0 saturated carbocycles. The minimum atomic E-state index is -0.249. The summed E-state index contributed by atoms with van der Waals surface area (Å²) in [6.07, 6.45) is 4.70. The normalized spacial score (nSPS) is 13.9. The molecule has 0 aromatic heterocycles. The van der Waals surface area contributed by atoms with Gasteiger partial charge in [0.15, 0.2) is 11.5 Å². The molecule has 6 nitrogen and oxygen atoms in total. The third kappa shape index (κ3) is 4.47. The Labute approximate surface area is 158 Å². The third-order valence-electron chi connectivity index (χ3n) is 4.36. The van der Waals surface area contributed by atoms with E-state index in [2.05, 4.69) is 5.32 Å². The number of anilines is 2. The molecule has 1 N–H and O–H groups in total. The van der Waals surface area contributed by atoms with Crippen molar-refractivity contribution in [3.05, 3.63) is 54.1 Å². The smallest absolute Gasteiger partial charge is 0.248 e. The van der Waals surface area contributed by atoms with Crippen LogP contribution in [0.15, 0.2) is 48.5 Å². The first kappa shape index (κ1) is 18.5. The molecule has 1 aliphatic heterocycles. The Balaban J connectivity index is 1.62. The summed E-state index contributed by atoms with van der Waals surface area (Å²) in [5, 5.41) is 2.79. The van der Waals surface area contributed by atoms with E-state index in [1.165, 1.54) is 6.08 Å². The molecule has 6 heteroatoms. The fraction of sp³-hybridized carbons (Fsp3) is 0.238. The maximum atomic E-state index is 12.1. The van der Waals surface area contributed by atoms with Crippen LogP contribution in [-0.2, 0) is 9.59 Å². The van der Waals surface area contributed by atoms with Crippen LogP contribution in [0.25, 0.3) is 6.08 Å². The summed E-state index contributed by atoms with van der Waals surface area (Å²) >= 11 is 0. The lowest BCUT2D eigenvalue weighted by Gasteiger charge is -2.15. The molecule has 0 aliphatic carbocycles. The van der Waals surface area contributed by atoms with Gasteiger partial charge in [-0.25, -0.2) is 0 Å². The van der Waals surface area contributed by atoms with Crippen molar-refractivity contribution in [2.24, 2.45) is 0 Å². The molecule has 1 fully saturated rings. The molecular formula is C21H22N2O4. The number of rotatable bonds is 6. The van der Waals surface area contributed by atoms with E-state index in [0.29, 0.717) is 23.6 Å². The summed E-state index contributed by atoms with van der Waals surface area (Å²) in [6.45, 7) is 0.766. The molecule has 0 radical (unpaired) electrons. The number of hydrogen-bond donors (Lipinski definition) is 1. The number of ether oxygens (including phenoxy) is 2. The van der Waals surface area contributed by atoms with Crippen LogP contribution >= 0.6 is 0 Å². The Morgan fingerprint density at radius 1 is 1.07 bits per heavy atom. The number of carbonyl (C=O) groups excluding carboxylic acids is 2. The van der Waals surface area contributed by atoms with E-state index < -0.39 is 0 Å². The molecule has 27 heavy (non-hydrogen) atoms. The summed E-state index contributed by atoms with van der Waals surface area (Å²) in [5.74, 6) is 1.06. The number of carbonyl (C=O) groups is 2. The first-order valence-electron chi connectivity index (χ1n) is 8.72. The Bertz CT molecular complexity index is 859. The first-order valence-corrected chi connectivity index (χ1v) is 8.72. The van der Waals surface area contributed by atoms with Crippen LogP contribution < -0.4 is 19.7 Å². The van der Waals surface area contributed by atoms with Crippen molar-refractivity contribution in [1.82, 2.24) is 0 Å². The summed E-state index contributed by atoms with van der Waals surface area (Å²) in [4.78, 5) is 25.7. The molecule has 0 unspecified atom stereocenters. The van der Waals surface area contributed by atoms with E-state index >= 15 is 0 Å². The van der Waals surface area contributed by atoms with Gasteiger partial charge in [0, 0.05) is 36.5 Å². The lowest BCUT2D eigenvalue weighted by molar-refractivity contribution is -0.117. The molecule has 3 rings (SSSR count). The van der Waals surface area contributed by atoms with Crippen LogP contribution in [0.4, 0.5) is 11.4 Å². The molecular weight excluding hydrogens is 344 g/mol. The molecule has 1 aliphatic rings. The van der Waals surface area contributed by atoms with Crippen LogP contribution in [0.5, 0.6) is 11.5 Å². The van der Waals surface area contributed by atoms with Gasteiger partial charge >= 0.3 is 0 Å². The minimum Gasteiger partial charge on any atom is -0.493 e. The van der Waals surface area contributed by atoms with Gasteiger partial charge in [0.2, 0.25) is 11.8 Å². The highest BCUT2D eigenvalue weighted by molar-refractivity contribution is 6.02. The van der Waals surface area contributed by atoms with Crippen molar-refractivity contribution in [2.45, 2.75) is 12.8 Å². The second-order valence-electron chi connectivity index (χ2n) is 6.13. The largest absolute Gasteiger partial charge is 0.493 e. The molecule has 140 valence electrons. The molecule has 2 aromatic rings. The van der Waals surface area contributed by atoms with Gasteiger partial charge in [-0.3, -0.25) is 9.59 Å². The topological polar surface area (TPSA) is 67.9 Å². The van der Waals surface area contributed by atoms with Crippen molar-refractivity contribution in [3.63, 3.8) is 0 Å². The number of methoxy groups -OCH3 is 2. The second kappa shape index (κ2) is 8.40. The van der Waals surface area contributed by atoms with E-state index in [1.807, 2.05) is 24.3 Å². The monoisotopic (exact) mass is 366 g/mol. The van der Waals surface area contributed by atoms with Gasteiger partial charge in [0.1, 0.15) is 0 Å². The van der Waals surface area contributed by atoms with Crippen LogP contribution in [0, 0.1) is 0 Å². The fourth-order valence-electron chi connectivity index (χ4n) is 2.96. The number of amides is 2. The van der Waals surface area contributed by atoms with Crippen LogP contribution in [0.2, 0.25) is 0 Å². The van der Waals surface area contributed by atoms with E-state index in [4.69, 9.17) is 9.47 Å². The van der Waals surface area contributed by atoms with Gasteiger partial charge in [-0.05, 0) is 42.3 Å². The van der Waals surface area contributed by atoms with E-state index in [9.17, 15) is 9.59 Å². The Hall–Kier alpha value is -3.28. The molecule has 0 bridgehead atoms. The maximum Gasteiger partial charge on any atom is 0.248 e. The van der Waals surface area contributed by atoms with Gasteiger partial charge in [-0.15, -0.1) is 0 Å². The number of nitrogens with zero attached hydrogens (tertiary/aromatic N) is 1. The molecule has 0 atom stereocenters. The van der Waals surface area contributed by atoms with Gasteiger partial charge in [0.25, 0.3) is 0 Å². The summed E-state index contributed by atoms with van der Waals surface area (Å²) in [7, 11) is 3.10. The summed E-state index contributed by atoms with van der Waals surface area (Å²) in [6, 6.07) is 12.8. The molecule has 2 amide bonds. The number of nitrogens with one attached hydrogen (secondary N) is 1. The molecule has 0 spiro atoms. The van der Waals surface area contributed by atoms with Crippen LogP contribution in [0.3, 0.4) is 0 Å². The van der Waals surface area contributed by atoms with E-state index in [0.717, 1.165) is 24.2 Å². The highest BCUT2D eigenvalue weighted by atomic mass is 16.5. The standard InChI is InChI=1S/C21H22N2O4/c1-26-18-11-8-16(14-19(18)27-2)22-20(24)12-7-15-5-9-17(10-6-15)23-13-3-4-21(23)25/h5-12,14H,3-4,13H2,1-2H3,(H,22,24)/b12-7+. The van der Waals surface area contributed by atoms with E-state index in [-0.39, 0.29) is 11.8 Å². The van der Waals surface area contributed by atoms with Gasteiger partial charge in [-0.2, -0.15) is 0 Å². The average molecular weight is 366 g/mol. The quantitative estimate of drug-likeness (QED) is 0.795. The van der Waals surface area contributed by atoms with E-state index in [1.54, 1.807) is 43.4 Å². The zero-order chi connectivity index (χ0) is 19.2. The highest BCUT2D eigenvalue weighted by Crippen LogP contribution is 2.29. The van der Waals surface area contributed by atoms with Crippen molar-refractivity contribution in [3.8, 4) is 11.5 Å². The lowest BCUT2D eigenvalue weighted by atomic mass is 10.2. The van der Waals surface area contributed by atoms with Gasteiger partial charge in [0.05, 0.1) is 14.2 Å². The summed E-state index contributed by atoms with van der Waals surface area (Å²) in [5.41, 5.74) is 2.39. The Morgan fingerprint density at radius 2 is 1.81 bits per heavy atom. The zero-order valence-electron chi connectivity index (χ0n) is 15.4. The second-order valence-corrected chi connectivity index (χ2v) is 6.13. The average Bonchev–Trinajstić information content (AvgIpc) is 3.12.